The molecular weight excluding hydrogens is 294 g/mol. The number of nitrogens with two attached hydrogens (primary N) is 1. The van der Waals surface area contributed by atoms with Crippen LogP contribution in [0.15, 0.2) is 18.2 Å². The highest BCUT2D eigenvalue weighted by molar-refractivity contribution is 5.85. The lowest BCUT2D eigenvalue weighted by Crippen LogP contribution is -2.38. The summed E-state index contributed by atoms with van der Waals surface area (Å²) in [4.78, 5) is 2.26. The molecule has 5 heteroatoms. The normalized spacial score (nSPS) is 30.6. The van der Waals surface area contributed by atoms with E-state index in [1.54, 1.807) is 0 Å². The number of likely N-dealkylation sites (tertiary alicyclic amines) is 1. The Morgan fingerprint density at radius 1 is 1.24 bits per heavy atom. The van der Waals surface area contributed by atoms with Crippen LogP contribution >= 0.6 is 12.4 Å². The smallest absolute Gasteiger partial charge is 0.128 e. The summed E-state index contributed by atoms with van der Waals surface area (Å²) in [6.45, 7) is 3.82. The van der Waals surface area contributed by atoms with E-state index in [1.807, 2.05) is 6.92 Å². The predicted octanol–water partition coefficient (Wildman–Crippen LogP) is 3.51. The topological polar surface area (TPSA) is 29.3 Å². The maximum absolute atomic E-state index is 13.9. The Labute approximate surface area is 131 Å². The van der Waals surface area contributed by atoms with Gasteiger partial charge in [-0.3, -0.25) is 4.90 Å². The third-order valence-corrected chi connectivity index (χ3v) is 5.14. The number of halogens is 3. The van der Waals surface area contributed by atoms with Crippen molar-refractivity contribution in [3.05, 3.63) is 35.4 Å². The van der Waals surface area contributed by atoms with E-state index in [-0.39, 0.29) is 36.1 Å². The molecule has 0 spiro atoms. The number of hydrogen-bond acceptors (Lipinski definition) is 2. The van der Waals surface area contributed by atoms with E-state index in [0.29, 0.717) is 17.4 Å². The van der Waals surface area contributed by atoms with Gasteiger partial charge in [-0.1, -0.05) is 6.42 Å². The highest BCUT2D eigenvalue weighted by Gasteiger charge is 2.40. The first-order valence-corrected chi connectivity index (χ1v) is 7.51. The molecule has 0 aromatic heterocycles. The molecule has 2 aliphatic rings. The Bertz CT molecular complexity index is 497. The average molecular weight is 317 g/mol. The van der Waals surface area contributed by atoms with Crippen molar-refractivity contribution in [2.24, 2.45) is 17.6 Å². The van der Waals surface area contributed by atoms with Gasteiger partial charge in [0, 0.05) is 30.7 Å². The van der Waals surface area contributed by atoms with Crippen molar-refractivity contribution in [1.29, 1.82) is 0 Å². The van der Waals surface area contributed by atoms with Gasteiger partial charge in [-0.05, 0) is 49.8 Å². The SMILES string of the molecule is CC(c1cc(F)ccc1F)N1CC2CCCC(N)C2C1.Cl. The van der Waals surface area contributed by atoms with Gasteiger partial charge < -0.3 is 5.73 Å². The van der Waals surface area contributed by atoms with Crippen molar-refractivity contribution in [2.45, 2.75) is 38.3 Å². The highest BCUT2D eigenvalue weighted by Crippen LogP contribution is 2.39. The Morgan fingerprint density at radius 2 is 2.00 bits per heavy atom. The third-order valence-electron chi connectivity index (χ3n) is 5.14. The van der Waals surface area contributed by atoms with Crippen LogP contribution in [0, 0.1) is 23.5 Å². The van der Waals surface area contributed by atoms with E-state index < -0.39 is 0 Å². The zero-order valence-electron chi connectivity index (χ0n) is 12.3. The lowest BCUT2D eigenvalue weighted by atomic mass is 9.78. The highest BCUT2D eigenvalue weighted by atomic mass is 35.5. The van der Waals surface area contributed by atoms with E-state index in [2.05, 4.69) is 4.90 Å². The molecule has 2 N–H and O–H groups in total. The van der Waals surface area contributed by atoms with Crippen LogP contribution in [-0.2, 0) is 0 Å². The number of benzene rings is 1. The first-order valence-electron chi connectivity index (χ1n) is 7.51. The quantitative estimate of drug-likeness (QED) is 0.904. The van der Waals surface area contributed by atoms with E-state index >= 15 is 0 Å². The fourth-order valence-electron chi connectivity index (χ4n) is 3.90. The molecule has 1 aliphatic carbocycles. The lowest BCUT2D eigenvalue weighted by molar-refractivity contribution is 0.240. The molecule has 0 bridgehead atoms. The molecule has 1 aromatic rings. The van der Waals surface area contributed by atoms with Gasteiger partial charge >= 0.3 is 0 Å². The summed E-state index contributed by atoms with van der Waals surface area (Å²) >= 11 is 0. The summed E-state index contributed by atoms with van der Waals surface area (Å²) in [7, 11) is 0. The second kappa shape index (κ2) is 6.59. The second-order valence-corrected chi connectivity index (χ2v) is 6.31. The van der Waals surface area contributed by atoms with Crippen molar-refractivity contribution in [3.8, 4) is 0 Å². The van der Waals surface area contributed by atoms with Crippen LogP contribution in [0.25, 0.3) is 0 Å². The van der Waals surface area contributed by atoms with Crippen molar-refractivity contribution in [3.63, 3.8) is 0 Å². The van der Waals surface area contributed by atoms with Crippen LogP contribution in [-0.4, -0.2) is 24.0 Å². The minimum Gasteiger partial charge on any atom is -0.327 e. The molecule has 1 saturated heterocycles. The summed E-state index contributed by atoms with van der Waals surface area (Å²) in [5, 5.41) is 0. The number of rotatable bonds is 2. The van der Waals surface area contributed by atoms with Gasteiger partial charge in [0.25, 0.3) is 0 Å². The zero-order chi connectivity index (χ0) is 14.3. The maximum Gasteiger partial charge on any atom is 0.128 e. The number of hydrogen-bond donors (Lipinski definition) is 1. The van der Waals surface area contributed by atoms with Crippen molar-refractivity contribution in [1.82, 2.24) is 4.90 Å². The Morgan fingerprint density at radius 3 is 2.71 bits per heavy atom. The van der Waals surface area contributed by atoms with Gasteiger partial charge in [-0.15, -0.1) is 12.4 Å². The molecular formula is C16H23ClF2N2. The molecule has 1 saturated carbocycles. The van der Waals surface area contributed by atoms with Crippen LogP contribution in [0.3, 0.4) is 0 Å². The van der Waals surface area contributed by atoms with Gasteiger partial charge in [-0.2, -0.15) is 0 Å². The molecule has 2 fully saturated rings. The van der Waals surface area contributed by atoms with Crippen LogP contribution in [0.5, 0.6) is 0 Å². The third kappa shape index (κ3) is 3.22. The molecule has 118 valence electrons. The summed E-state index contributed by atoms with van der Waals surface area (Å²) in [6.07, 6.45) is 3.50. The van der Waals surface area contributed by atoms with Crippen LogP contribution in [0.2, 0.25) is 0 Å². The summed E-state index contributed by atoms with van der Waals surface area (Å²) in [5.74, 6) is 0.445. The van der Waals surface area contributed by atoms with E-state index in [1.165, 1.54) is 31.0 Å². The molecule has 21 heavy (non-hydrogen) atoms. The largest absolute Gasteiger partial charge is 0.327 e. The summed E-state index contributed by atoms with van der Waals surface area (Å²) < 4.78 is 27.2. The van der Waals surface area contributed by atoms with Crippen molar-refractivity contribution in [2.75, 3.05) is 13.1 Å². The van der Waals surface area contributed by atoms with E-state index in [4.69, 9.17) is 5.73 Å². The molecule has 1 aliphatic heterocycles. The summed E-state index contributed by atoms with van der Waals surface area (Å²) in [5.41, 5.74) is 6.67. The van der Waals surface area contributed by atoms with Gasteiger partial charge in [-0.25, -0.2) is 8.78 Å². The van der Waals surface area contributed by atoms with Gasteiger partial charge in [0.15, 0.2) is 0 Å². The fraction of sp³-hybridized carbons (Fsp3) is 0.625. The Kier molecular flexibility index (Phi) is 5.23. The molecule has 1 heterocycles. The molecule has 0 radical (unpaired) electrons. The van der Waals surface area contributed by atoms with E-state index in [0.717, 1.165) is 19.5 Å². The Balaban J connectivity index is 0.00000161. The summed E-state index contributed by atoms with van der Waals surface area (Å²) in [6, 6.07) is 3.88. The van der Waals surface area contributed by atoms with Crippen LogP contribution < -0.4 is 5.73 Å². The van der Waals surface area contributed by atoms with Crippen LogP contribution in [0.1, 0.15) is 37.8 Å². The van der Waals surface area contributed by atoms with E-state index in [9.17, 15) is 8.78 Å². The average Bonchev–Trinajstić information content (AvgIpc) is 2.86. The maximum atomic E-state index is 13.9. The molecule has 1 aromatic carbocycles. The first-order chi connectivity index (χ1) is 9.56. The molecule has 0 amide bonds. The fourth-order valence-corrected chi connectivity index (χ4v) is 3.90. The first kappa shape index (κ1) is 16.7. The second-order valence-electron chi connectivity index (χ2n) is 6.31. The lowest BCUT2D eigenvalue weighted by Gasteiger charge is -2.30. The van der Waals surface area contributed by atoms with Crippen LogP contribution in [0.4, 0.5) is 8.78 Å². The van der Waals surface area contributed by atoms with Crippen molar-refractivity contribution < 1.29 is 8.78 Å². The van der Waals surface area contributed by atoms with Crippen molar-refractivity contribution >= 4 is 12.4 Å². The monoisotopic (exact) mass is 316 g/mol. The molecule has 4 unspecified atom stereocenters. The minimum atomic E-state index is -0.374. The number of fused-ring (bicyclic) bond motifs is 1. The zero-order valence-corrected chi connectivity index (χ0v) is 13.1. The Hall–Kier alpha value is -0.710. The standard InChI is InChI=1S/C16H22F2N2.ClH/c1-10(13-7-12(17)5-6-15(13)18)20-8-11-3-2-4-16(19)14(11)9-20;/h5-7,10-11,14,16H,2-4,8-9,19H2,1H3;1H. The minimum absolute atomic E-state index is 0. The molecule has 4 atom stereocenters. The molecule has 3 rings (SSSR count). The van der Waals surface area contributed by atoms with Gasteiger partial charge in [0.1, 0.15) is 11.6 Å². The van der Waals surface area contributed by atoms with Gasteiger partial charge in [0.2, 0.25) is 0 Å². The number of nitrogens with zero attached hydrogens (tertiary/aromatic N) is 1. The predicted molar refractivity (Wildman–Crippen MR) is 82.4 cm³/mol. The molecule has 2 nitrogen and oxygen atoms in total. The van der Waals surface area contributed by atoms with Gasteiger partial charge in [0.05, 0.1) is 0 Å².